The van der Waals surface area contributed by atoms with Crippen molar-refractivity contribution in [2.75, 3.05) is 12.0 Å². The molecule has 6 nitrogen and oxygen atoms in total. The molecule has 0 radical (unpaired) electrons. The van der Waals surface area contributed by atoms with Crippen molar-refractivity contribution in [2.45, 2.75) is 53.7 Å². The highest BCUT2D eigenvalue weighted by molar-refractivity contribution is 7.14. The number of aromatic nitrogens is 2. The van der Waals surface area contributed by atoms with Crippen LogP contribution in [-0.4, -0.2) is 28.8 Å². The molecule has 3 aromatic rings. The summed E-state index contributed by atoms with van der Waals surface area (Å²) in [6.45, 7) is 11.7. The molecule has 164 valence electrons. The third-order valence-electron chi connectivity index (χ3n) is 4.75. The van der Waals surface area contributed by atoms with Gasteiger partial charge in [0.15, 0.2) is 0 Å². The Bertz CT molecular complexity index is 1090. The molecule has 0 aliphatic heterocycles. The number of ether oxygens (including phenoxy) is 2. The molecule has 0 saturated carbocycles. The number of carbonyl (C=O) groups is 1. The van der Waals surface area contributed by atoms with Gasteiger partial charge in [-0.15, -0.1) is 11.3 Å². The molecule has 0 N–H and O–H groups in total. The van der Waals surface area contributed by atoms with E-state index < -0.39 is 11.7 Å². The first kappa shape index (κ1) is 22.7. The number of carbonyl (C=O) groups excluding carboxylic acids is 1. The normalized spacial score (nSPS) is 11.3. The topological polar surface area (TPSA) is 64.5 Å². The second kappa shape index (κ2) is 9.06. The summed E-state index contributed by atoms with van der Waals surface area (Å²) in [7, 11) is 1.65. The molecule has 3 aromatic heterocycles. The maximum Gasteiger partial charge on any atom is 0.415 e. The molecule has 3 rings (SSSR count). The van der Waals surface area contributed by atoms with E-state index in [0.29, 0.717) is 0 Å². The lowest BCUT2D eigenvalue weighted by molar-refractivity contribution is 0.0578. The molecule has 0 unspecified atom stereocenters. The summed E-state index contributed by atoms with van der Waals surface area (Å²) < 4.78 is 11.2. The Labute approximate surface area is 187 Å². The van der Waals surface area contributed by atoms with E-state index in [1.807, 2.05) is 65.1 Å². The van der Waals surface area contributed by atoms with Crippen molar-refractivity contribution >= 4 is 22.4 Å². The minimum Gasteiger partial charge on any atom is -0.496 e. The molecule has 1 amide bonds. The Morgan fingerprint density at radius 1 is 1.13 bits per heavy atom. The third-order valence-corrected chi connectivity index (χ3v) is 5.70. The third kappa shape index (κ3) is 5.41. The number of nitrogens with zero attached hydrogens (tertiary/aromatic N) is 3. The lowest BCUT2D eigenvalue weighted by atomic mass is 10.1. The molecular formula is C24H29N3O3S. The molecule has 7 heteroatoms. The summed E-state index contributed by atoms with van der Waals surface area (Å²) in [4.78, 5) is 23.6. The van der Waals surface area contributed by atoms with Crippen LogP contribution in [0, 0.1) is 20.8 Å². The number of aryl methyl sites for hydroxylation is 2. The van der Waals surface area contributed by atoms with E-state index in [0.717, 1.165) is 44.4 Å². The molecule has 0 aliphatic carbocycles. The van der Waals surface area contributed by atoms with Crippen LogP contribution in [-0.2, 0) is 11.3 Å². The Kier molecular flexibility index (Phi) is 6.65. The van der Waals surface area contributed by atoms with Crippen LogP contribution in [0.4, 0.5) is 9.80 Å². The number of methoxy groups -OCH3 is 1. The lowest BCUT2D eigenvalue weighted by Gasteiger charge is -2.27. The summed E-state index contributed by atoms with van der Waals surface area (Å²) in [5, 5.41) is 2.83. The summed E-state index contributed by atoms with van der Waals surface area (Å²) >= 11 is 1.50. The van der Waals surface area contributed by atoms with Crippen molar-refractivity contribution in [3.63, 3.8) is 0 Å². The van der Waals surface area contributed by atoms with Gasteiger partial charge in [0.1, 0.15) is 16.4 Å². The number of pyridine rings is 2. The van der Waals surface area contributed by atoms with Gasteiger partial charge in [0.25, 0.3) is 0 Å². The van der Waals surface area contributed by atoms with Gasteiger partial charge in [-0.3, -0.25) is 14.9 Å². The number of hydrogen-bond acceptors (Lipinski definition) is 6. The van der Waals surface area contributed by atoms with Crippen LogP contribution < -0.4 is 9.64 Å². The van der Waals surface area contributed by atoms with Crippen LogP contribution in [0.2, 0.25) is 0 Å². The van der Waals surface area contributed by atoms with Gasteiger partial charge >= 0.3 is 6.09 Å². The molecule has 0 fully saturated rings. The summed E-state index contributed by atoms with van der Waals surface area (Å²) in [5.41, 5.74) is 5.07. The zero-order chi connectivity index (χ0) is 22.8. The number of rotatable bonds is 5. The smallest absolute Gasteiger partial charge is 0.415 e. The van der Waals surface area contributed by atoms with Crippen molar-refractivity contribution in [1.82, 2.24) is 9.97 Å². The molecule has 0 spiro atoms. The quantitative estimate of drug-likeness (QED) is 0.482. The number of anilines is 1. The van der Waals surface area contributed by atoms with Gasteiger partial charge in [-0.25, -0.2) is 4.79 Å². The second-order valence-corrected chi connectivity index (χ2v) is 9.36. The summed E-state index contributed by atoms with van der Waals surface area (Å²) in [5.74, 6) is 0.785. The fourth-order valence-corrected chi connectivity index (χ4v) is 4.19. The predicted molar refractivity (Wildman–Crippen MR) is 125 cm³/mol. The van der Waals surface area contributed by atoms with Crippen LogP contribution >= 0.6 is 11.3 Å². The Morgan fingerprint density at radius 2 is 1.87 bits per heavy atom. The molecule has 0 bridgehead atoms. The lowest BCUT2D eigenvalue weighted by Crippen LogP contribution is -2.36. The van der Waals surface area contributed by atoms with Gasteiger partial charge in [-0.05, 0) is 70.9 Å². The molecule has 0 saturated heterocycles. The predicted octanol–water partition coefficient (Wildman–Crippen LogP) is 6.08. The van der Waals surface area contributed by atoms with Crippen LogP contribution in [0.3, 0.4) is 0 Å². The summed E-state index contributed by atoms with van der Waals surface area (Å²) in [6.07, 6.45) is 3.15. The van der Waals surface area contributed by atoms with Crippen molar-refractivity contribution in [1.29, 1.82) is 0 Å². The maximum absolute atomic E-state index is 13.1. The molecule has 0 aliphatic rings. The highest BCUT2D eigenvalue weighted by Gasteiger charge is 2.26. The van der Waals surface area contributed by atoms with Crippen molar-refractivity contribution < 1.29 is 14.3 Å². The van der Waals surface area contributed by atoms with Crippen molar-refractivity contribution in [2.24, 2.45) is 0 Å². The Hall–Kier alpha value is -2.93. The Morgan fingerprint density at radius 3 is 2.52 bits per heavy atom. The van der Waals surface area contributed by atoms with Crippen LogP contribution in [0.25, 0.3) is 11.1 Å². The van der Waals surface area contributed by atoms with E-state index in [1.54, 1.807) is 24.4 Å². The van der Waals surface area contributed by atoms with E-state index in [4.69, 9.17) is 9.47 Å². The molecular weight excluding hydrogens is 410 g/mol. The SMILES string of the molecule is COc1c(C)cnc(CN(C(=O)OC(C)(C)C)c2cc(-c3ccnc(C)c3)cs2)c1C. The number of amides is 1. The van der Waals surface area contributed by atoms with Gasteiger partial charge < -0.3 is 9.47 Å². The first-order chi connectivity index (χ1) is 14.6. The standard InChI is InChI=1S/C24H29N3O3S/c1-15-12-26-20(17(3)22(15)29-7)13-27(23(28)30-24(4,5)6)21-11-19(14-31-21)18-8-9-25-16(2)10-18/h8-12,14H,13H2,1-7H3. The maximum atomic E-state index is 13.1. The van der Waals surface area contributed by atoms with Gasteiger partial charge in [0, 0.05) is 34.6 Å². The van der Waals surface area contributed by atoms with E-state index >= 15 is 0 Å². The first-order valence-corrected chi connectivity index (χ1v) is 11.0. The van der Waals surface area contributed by atoms with Crippen LogP contribution in [0.15, 0.2) is 36.0 Å². The fourth-order valence-electron chi connectivity index (χ4n) is 3.27. The van der Waals surface area contributed by atoms with Crippen LogP contribution in [0.5, 0.6) is 5.75 Å². The zero-order valence-corrected chi connectivity index (χ0v) is 20.0. The average Bonchev–Trinajstić information content (AvgIpc) is 3.16. The van der Waals surface area contributed by atoms with Gasteiger partial charge in [-0.2, -0.15) is 0 Å². The van der Waals surface area contributed by atoms with Gasteiger partial charge in [0.05, 0.1) is 19.3 Å². The number of thiophene rings is 1. The van der Waals surface area contributed by atoms with Crippen molar-refractivity contribution in [3.8, 4) is 16.9 Å². The van der Waals surface area contributed by atoms with E-state index in [-0.39, 0.29) is 6.54 Å². The van der Waals surface area contributed by atoms with E-state index in [1.165, 1.54) is 11.3 Å². The van der Waals surface area contributed by atoms with Gasteiger partial charge in [-0.1, -0.05) is 0 Å². The fraction of sp³-hybridized carbons (Fsp3) is 0.375. The Balaban J connectivity index is 1.99. The average molecular weight is 440 g/mol. The molecule has 0 aromatic carbocycles. The van der Waals surface area contributed by atoms with E-state index in [2.05, 4.69) is 9.97 Å². The highest BCUT2D eigenvalue weighted by Crippen LogP contribution is 2.34. The molecule has 0 atom stereocenters. The molecule has 31 heavy (non-hydrogen) atoms. The second-order valence-electron chi connectivity index (χ2n) is 8.47. The number of hydrogen-bond donors (Lipinski definition) is 0. The largest absolute Gasteiger partial charge is 0.496 e. The highest BCUT2D eigenvalue weighted by atomic mass is 32.1. The zero-order valence-electron chi connectivity index (χ0n) is 19.1. The first-order valence-electron chi connectivity index (χ1n) is 10.1. The minimum atomic E-state index is -0.606. The van der Waals surface area contributed by atoms with Crippen LogP contribution in [0.1, 0.15) is 43.3 Å². The molecule has 3 heterocycles. The van der Waals surface area contributed by atoms with Gasteiger partial charge in [0.2, 0.25) is 0 Å². The summed E-state index contributed by atoms with van der Waals surface area (Å²) in [6, 6.07) is 6.00. The van der Waals surface area contributed by atoms with E-state index in [9.17, 15) is 4.79 Å². The minimum absolute atomic E-state index is 0.284. The monoisotopic (exact) mass is 439 g/mol. The van der Waals surface area contributed by atoms with Crippen molar-refractivity contribution in [3.05, 3.63) is 58.5 Å².